The van der Waals surface area contributed by atoms with E-state index in [1.165, 1.54) is 0 Å². The van der Waals surface area contributed by atoms with E-state index in [4.69, 9.17) is 0 Å². The maximum atomic E-state index is 11.7. The van der Waals surface area contributed by atoms with Crippen molar-refractivity contribution in [3.63, 3.8) is 0 Å². The molecule has 0 atom stereocenters. The van der Waals surface area contributed by atoms with E-state index in [1.807, 2.05) is 52.0 Å². The van der Waals surface area contributed by atoms with Gasteiger partial charge in [0.1, 0.15) is 0 Å². The molecule has 198 valence electrons. The van der Waals surface area contributed by atoms with Crippen molar-refractivity contribution in [2.24, 2.45) is 0 Å². The summed E-state index contributed by atoms with van der Waals surface area (Å²) in [5.74, 6) is 0. The SMILES string of the molecule is CC(C)(O)c1cc(-n2c3ccccc3c3ccccc32)c(C(C)(C)O)cc1-n1c2ccccc2c2ccccc21. The first-order chi connectivity index (χ1) is 19.1. The van der Waals surface area contributed by atoms with Crippen LogP contribution in [0.15, 0.2) is 109 Å². The Kier molecular flexibility index (Phi) is 5.27. The first-order valence-electron chi connectivity index (χ1n) is 13.8. The predicted molar refractivity (Wildman–Crippen MR) is 166 cm³/mol. The molecular weight excluding hydrogens is 492 g/mol. The Labute approximate surface area is 233 Å². The lowest BCUT2D eigenvalue weighted by molar-refractivity contribution is 0.0743. The highest BCUT2D eigenvalue weighted by atomic mass is 16.3. The number of aromatic nitrogens is 2. The molecule has 4 heteroatoms. The Balaban J connectivity index is 1.66. The van der Waals surface area contributed by atoms with Crippen molar-refractivity contribution in [3.05, 3.63) is 120 Å². The zero-order valence-corrected chi connectivity index (χ0v) is 23.2. The van der Waals surface area contributed by atoms with Gasteiger partial charge in [0, 0.05) is 32.7 Å². The molecule has 2 aromatic heterocycles. The van der Waals surface area contributed by atoms with Gasteiger partial charge in [-0.1, -0.05) is 72.8 Å². The van der Waals surface area contributed by atoms with Gasteiger partial charge >= 0.3 is 0 Å². The van der Waals surface area contributed by atoms with Crippen molar-refractivity contribution >= 4 is 43.6 Å². The summed E-state index contributed by atoms with van der Waals surface area (Å²) in [5, 5.41) is 27.9. The second kappa shape index (κ2) is 8.56. The monoisotopic (exact) mass is 524 g/mol. The number of nitrogens with zero attached hydrogens (tertiary/aromatic N) is 2. The van der Waals surface area contributed by atoms with Gasteiger partial charge in [-0.25, -0.2) is 0 Å². The molecule has 0 aliphatic heterocycles. The number of para-hydroxylation sites is 4. The molecule has 0 aliphatic rings. The third-order valence-electron chi connectivity index (χ3n) is 8.07. The van der Waals surface area contributed by atoms with Crippen molar-refractivity contribution in [3.8, 4) is 11.4 Å². The Morgan fingerprint density at radius 3 is 0.925 bits per heavy atom. The normalized spacial score (nSPS) is 12.8. The number of benzene rings is 5. The molecule has 2 heterocycles. The summed E-state index contributed by atoms with van der Waals surface area (Å²) in [5.41, 5.74) is 5.17. The zero-order chi connectivity index (χ0) is 27.8. The van der Waals surface area contributed by atoms with E-state index < -0.39 is 11.2 Å². The van der Waals surface area contributed by atoms with Gasteiger partial charge in [0.2, 0.25) is 0 Å². The van der Waals surface area contributed by atoms with Gasteiger partial charge in [0.05, 0.1) is 44.6 Å². The van der Waals surface area contributed by atoms with Gasteiger partial charge in [-0.2, -0.15) is 0 Å². The van der Waals surface area contributed by atoms with Crippen LogP contribution in [0.3, 0.4) is 0 Å². The molecule has 0 amide bonds. The Morgan fingerprint density at radius 1 is 0.425 bits per heavy atom. The van der Waals surface area contributed by atoms with Crippen LogP contribution in [0.1, 0.15) is 38.8 Å². The third-order valence-corrected chi connectivity index (χ3v) is 8.07. The summed E-state index contributed by atoms with van der Waals surface area (Å²) >= 11 is 0. The molecule has 0 saturated heterocycles. The summed E-state index contributed by atoms with van der Waals surface area (Å²) in [7, 11) is 0. The fourth-order valence-corrected chi connectivity index (χ4v) is 6.29. The van der Waals surface area contributed by atoms with Gasteiger partial charge in [-0.3, -0.25) is 0 Å². The van der Waals surface area contributed by atoms with Crippen molar-refractivity contribution in [1.29, 1.82) is 0 Å². The van der Waals surface area contributed by atoms with Crippen LogP contribution in [0, 0.1) is 0 Å². The lowest BCUT2D eigenvalue weighted by atomic mass is 9.88. The molecule has 0 unspecified atom stereocenters. The van der Waals surface area contributed by atoms with E-state index in [0.717, 1.165) is 66.1 Å². The largest absolute Gasteiger partial charge is 0.386 e. The van der Waals surface area contributed by atoms with Crippen molar-refractivity contribution in [2.45, 2.75) is 38.9 Å². The summed E-state index contributed by atoms with van der Waals surface area (Å²) in [4.78, 5) is 0. The predicted octanol–water partition coefficient (Wildman–Crippen LogP) is 8.34. The maximum Gasteiger partial charge on any atom is 0.0861 e. The van der Waals surface area contributed by atoms with E-state index in [9.17, 15) is 10.2 Å². The summed E-state index contributed by atoms with van der Waals surface area (Å²) in [6.45, 7) is 7.33. The van der Waals surface area contributed by atoms with Gasteiger partial charge < -0.3 is 19.3 Å². The van der Waals surface area contributed by atoms with Gasteiger partial charge in [-0.05, 0) is 64.1 Å². The highest BCUT2D eigenvalue weighted by molar-refractivity contribution is 6.10. The van der Waals surface area contributed by atoms with Crippen LogP contribution in [-0.2, 0) is 11.2 Å². The summed E-state index contributed by atoms with van der Waals surface area (Å²) in [6.07, 6.45) is 0. The molecule has 0 spiro atoms. The number of hydrogen-bond acceptors (Lipinski definition) is 2. The molecule has 2 N–H and O–H groups in total. The molecule has 40 heavy (non-hydrogen) atoms. The number of rotatable bonds is 4. The van der Waals surface area contributed by atoms with Crippen LogP contribution in [0.2, 0.25) is 0 Å². The minimum atomic E-state index is -1.16. The topological polar surface area (TPSA) is 50.3 Å². The molecule has 0 fully saturated rings. The van der Waals surface area contributed by atoms with Crippen LogP contribution in [0.5, 0.6) is 0 Å². The van der Waals surface area contributed by atoms with Gasteiger partial charge in [0.25, 0.3) is 0 Å². The summed E-state index contributed by atoms with van der Waals surface area (Å²) < 4.78 is 4.45. The Hall–Kier alpha value is -4.38. The smallest absolute Gasteiger partial charge is 0.0861 e. The van der Waals surface area contributed by atoms with Crippen LogP contribution in [0.25, 0.3) is 55.0 Å². The van der Waals surface area contributed by atoms with Crippen LogP contribution >= 0.6 is 0 Å². The van der Waals surface area contributed by atoms with Crippen LogP contribution in [-0.4, -0.2) is 19.3 Å². The van der Waals surface area contributed by atoms with Crippen LogP contribution < -0.4 is 0 Å². The molecule has 0 aliphatic carbocycles. The second-order valence-corrected chi connectivity index (χ2v) is 11.7. The second-order valence-electron chi connectivity index (χ2n) is 11.7. The zero-order valence-electron chi connectivity index (χ0n) is 23.2. The number of fused-ring (bicyclic) bond motifs is 6. The van der Waals surface area contributed by atoms with E-state index in [-0.39, 0.29) is 0 Å². The van der Waals surface area contributed by atoms with Crippen molar-refractivity contribution < 1.29 is 10.2 Å². The molecule has 7 aromatic rings. The highest BCUT2D eigenvalue weighted by Gasteiger charge is 2.30. The standard InChI is InChI=1S/C36H32N2O2/c1-35(2,39)27-21-34(38-31-19-11-7-15-25(31)26-16-8-12-20-32(26)38)28(36(3,4)40)22-33(27)37-29-17-9-5-13-23(29)24-14-6-10-18-30(24)37/h5-22,39-40H,1-4H3. The molecule has 0 bridgehead atoms. The maximum absolute atomic E-state index is 11.7. The van der Waals surface area contributed by atoms with Gasteiger partial charge in [0.15, 0.2) is 0 Å². The van der Waals surface area contributed by atoms with Gasteiger partial charge in [-0.15, -0.1) is 0 Å². The minimum absolute atomic E-state index is 0.781. The number of hydrogen-bond donors (Lipinski definition) is 2. The average Bonchev–Trinajstić information content (AvgIpc) is 3.45. The van der Waals surface area contributed by atoms with E-state index in [1.54, 1.807) is 0 Å². The third kappa shape index (κ3) is 3.60. The first kappa shape index (κ1) is 24.6. The molecular formula is C36H32N2O2. The quantitative estimate of drug-likeness (QED) is 0.243. The molecule has 4 nitrogen and oxygen atoms in total. The van der Waals surface area contributed by atoms with Crippen LogP contribution in [0.4, 0.5) is 0 Å². The minimum Gasteiger partial charge on any atom is -0.386 e. The van der Waals surface area contributed by atoms with E-state index in [0.29, 0.717) is 0 Å². The number of aliphatic hydroxyl groups is 2. The fourth-order valence-electron chi connectivity index (χ4n) is 6.29. The van der Waals surface area contributed by atoms with E-state index in [2.05, 4.69) is 94.1 Å². The molecule has 0 radical (unpaired) electrons. The van der Waals surface area contributed by atoms with Crippen molar-refractivity contribution in [2.75, 3.05) is 0 Å². The molecule has 0 saturated carbocycles. The average molecular weight is 525 g/mol. The lowest BCUT2D eigenvalue weighted by Gasteiger charge is -2.30. The Bertz CT molecular complexity index is 1820. The Morgan fingerprint density at radius 2 is 0.675 bits per heavy atom. The molecule has 7 rings (SSSR count). The van der Waals surface area contributed by atoms with E-state index >= 15 is 0 Å². The first-order valence-corrected chi connectivity index (χ1v) is 13.8. The molecule has 5 aromatic carbocycles. The highest BCUT2D eigenvalue weighted by Crippen LogP contribution is 2.42. The lowest BCUT2D eigenvalue weighted by Crippen LogP contribution is -2.24. The fraction of sp³-hybridized carbons (Fsp3) is 0.167. The summed E-state index contributed by atoms with van der Waals surface area (Å²) in [6, 6.07) is 37.6. The van der Waals surface area contributed by atoms with Crippen molar-refractivity contribution in [1.82, 2.24) is 9.13 Å².